The van der Waals surface area contributed by atoms with Crippen molar-refractivity contribution in [3.8, 4) is 12.3 Å². The third kappa shape index (κ3) is 15.4. The highest BCUT2D eigenvalue weighted by atomic mass is 16.5. The number of hydrogen-bond donors (Lipinski definition) is 6. The zero-order valence-electron chi connectivity index (χ0n) is 39.0. The van der Waals surface area contributed by atoms with Crippen LogP contribution in [0.25, 0.3) is 0 Å². The number of aromatic nitrogens is 9. The van der Waals surface area contributed by atoms with Gasteiger partial charge >= 0.3 is 5.96 Å². The van der Waals surface area contributed by atoms with Crippen LogP contribution in [0.4, 0.5) is 17.8 Å². The average Bonchev–Trinajstić information content (AvgIpc) is 3.99. The van der Waals surface area contributed by atoms with Gasteiger partial charge in [-0.1, -0.05) is 36.6 Å². The Bertz CT molecular complexity index is 1990. The molecule has 0 radical (unpaired) electrons. The van der Waals surface area contributed by atoms with Gasteiger partial charge in [0.25, 0.3) is 0 Å². The van der Waals surface area contributed by atoms with Crippen molar-refractivity contribution in [1.82, 2.24) is 54.7 Å². The molecule has 10 N–H and O–H groups in total. The van der Waals surface area contributed by atoms with Crippen molar-refractivity contribution in [3.05, 3.63) is 23.8 Å². The summed E-state index contributed by atoms with van der Waals surface area (Å²) in [6, 6.07) is -1.40. The molecule has 2 aliphatic rings. The number of carbonyl (C=O) groups is 2. The minimum absolute atomic E-state index is 0.00630. The predicted molar refractivity (Wildman–Crippen MR) is 245 cm³/mol. The van der Waals surface area contributed by atoms with Gasteiger partial charge in [-0.15, -0.1) is 16.6 Å². The minimum Gasteiger partial charge on any atom is -0.391 e. The SMILES string of the molecule is C#CCOCCOCCOCCNc1nc(N2CCN(C(=O)[C@H]([C@@H](C)O)n3cc(CCCC[NH3+])nn3)CC2)nc(N2CCN(C(=O)[C@H]([C@@H](C)CC)n3cc(CCC[NH+]=C(N)N)nn3)CC2)n1. The number of carbonyl (C=O) groups excluding carboxylic acids is 2. The normalized spacial score (nSPS) is 16.1. The predicted octanol–water partition coefficient (Wildman–Crippen LogP) is -3.79. The van der Waals surface area contributed by atoms with Crippen LogP contribution in [-0.2, 0) is 36.6 Å². The van der Waals surface area contributed by atoms with Crippen molar-refractivity contribution in [2.24, 2.45) is 17.4 Å². The highest BCUT2D eigenvalue weighted by Gasteiger charge is 2.36. The van der Waals surface area contributed by atoms with Crippen molar-refractivity contribution < 1.29 is 39.6 Å². The Morgan fingerprint density at radius 2 is 1.33 bits per heavy atom. The lowest BCUT2D eigenvalue weighted by Crippen LogP contribution is -2.78. The Morgan fingerprint density at radius 1 is 0.803 bits per heavy atom. The zero-order chi connectivity index (χ0) is 47.3. The molecule has 2 fully saturated rings. The van der Waals surface area contributed by atoms with Gasteiger partial charge in [-0.3, -0.25) is 26.0 Å². The molecule has 0 saturated carbocycles. The zero-order valence-corrected chi connectivity index (χ0v) is 39.0. The first kappa shape index (κ1) is 51.2. The standard InChI is InChI=1S/C42H70N18O6/c1-5-23-64-25-27-66-28-26-65-24-14-47-40-48-41(57-19-15-55(16-20-57)37(62)35(31(3)6-2)59-29-34(52-53-59)11-9-13-46-39(44)45)50-42(49-40)58-21-17-56(18-22-58)38(63)36(32(4)61)60-30-33(51-54-60)10-7-8-12-43/h1,29-32,35-36,61H,6-28,43H2,2-4H3,(H4,44,45,46)(H,47,48,49,50)/p+2/t31-,32+,35-,36-/m0/s1. The molecule has 0 aromatic carbocycles. The summed E-state index contributed by atoms with van der Waals surface area (Å²) >= 11 is 0. The molecule has 3 aromatic heterocycles. The van der Waals surface area contributed by atoms with E-state index in [0.29, 0.717) is 123 Å². The fourth-order valence-electron chi connectivity index (χ4n) is 7.64. The summed E-state index contributed by atoms with van der Waals surface area (Å²) in [6.07, 6.45) is 12.7. The molecule has 2 saturated heterocycles. The van der Waals surface area contributed by atoms with E-state index in [0.717, 1.165) is 50.0 Å². The van der Waals surface area contributed by atoms with Crippen LogP contribution in [-0.4, -0.2) is 195 Å². The van der Waals surface area contributed by atoms with Crippen LogP contribution in [0.2, 0.25) is 0 Å². The number of ether oxygens (including phenoxy) is 3. The second-order valence-corrected chi connectivity index (χ2v) is 16.5. The number of unbranched alkanes of at least 4 members (excludes halogenated alkanes) is 1. The first-order valence-corrected chi connectivity index (χ1v) is 23.2. The van der Waals surface area contributed by atoms with Crippen LogP contribution < -0.4 is 37.3 Å². The summed E-state index contributed by atoms with van der Waals surface area (Å²) in [6.45, 7) is 13.5. The quantitative estimate of drug-likeness (QED) is 0.0176. The number of anilines is 3. The maximum Gasteiger partial charge on any atom is 0.338 e. The first-order chi connectivity index (χ1) is 32.0. The van der Waals surface area contributed by atoms with Gasteiger partial charge in [-0.25, -0.2) is 9.36 Å². The number of nitrogens with zero attached hydrogens (tertiary/aromatic N) is 13. The monoisotopic (exact) mass is 925 g/mol. The molecule has 5 rings (SSSR count). The second kappa shape index (κ2) is 27.0. The number of amides is 2. The van der Waals surface area contributed by atoms with E-state index in [-0.39, 0.29) is 30.3 Å². The minimum atomic E-state index is -0.980. The summed E-state index contributed by atoms with van der Waals surface area (Å²) < 4.78 is 19.7. The molecule has 4 atom stereocenters. The van der Waals surface area contributed by atoms with E-state index < -0.39 is 18.2 Å². The number of guanidine groups is 1. The van der Waals surface area contributed by atoms with Crippen LogP contribution in [0, 0.1) is 18.3 Å². The largest absolute Gasteiger partial charge is 0.391 e. The first-order valence-electron chi connectivity index (χ1n) is 23.2. The number of aliphatic hydroxyl groups is 1. The van der Waals surface area contributed by atoms with Crippen LogP contribution in [0.5, 0.6) is 0 Å². The van der Waals surface area contributed by atoms with Gasteiger partial charge in [-0.05, 0) is 44.9 Å². The van der Waals surface area contributed by atoms with Gasteiger partial charge in [0.2, 0.25) is 29.7 Å². The lowest BCUT2D eigenvalue weighted by molar-refractivity contribution is -0.459. The summed E-state index contributed by atoms with van der Waals surface area (Å²) in [5, 5.41) is 31.2. The number of terminal acetylenes is 1. The van der Waals surface area contributed by atoms with Gasteiger partial charge in [0.1, 0.15) is 12.6 Å². The van der Waals surface area contributed by atoms with Gasteiger partial charge < -0.3 is 50.0 Å². The topological polar surface area (TPSA) is 301 Å². The Balaban J connectivity index is 1.23. The molecule has 24 heteroatoms. The van der Waals surface area contributed by atoms with Gasteiger partial charge in [0.15, 0.2) is 6.04 Å². The number of aryl methyl sites for hydroxylation is 2. The van der Waals surface area contributed by atoms with E-state index >= 15 is 0 Å². The van der Waals surface area contributed by atoms with Crippen molar-refractivity contribution in [2.45, 2.75) is 77.5 Å². The Kier molecular flexibility index (Phi) is 21.0. The lowest BCUT2D eigenvalue weighted by Gasteiger charge is -2.38. The molecule has 2 amide bonds. The number of piperazine rings is 2. The van der Waals surface area contributed by atoms with Crippen molar-refractivity contribution in [1.29, 1.82) is 0 Å². The van der Waals surface area contributed by atoms with Crippen LogP contribution in [0.15, 0.2) is 12.4 Å². The molecule has 5 heterocycles. The van der Waals surface area contributed by atoms with Crippen molar-refractivity contribution >= 4 is 35.6 Å². The Morgan fingerprint density at radius 3 is 1.86 bits per heavy atom. The summed E-state index contributed by atoms with van der Waals surface area (Å²) in [5.74, 6) is 3.70. The second-order valence-electron chi connectivity index (χ2n) is 16.5. The molecule has 24 nitrogen and oxygen atoms in total. The molecule has 0 aliphatic carbocycles. The van der Waals surface area contributed by atoms with Gasteiger partial charge in [0.05, 0.1) is 63.6 Å². The van der Waals surface area contributed by atoms with Crippen LogP contribution >= 0.6 is 0 Å². The third-order valence-corrected chi connectivity index (χ3v) is 11.5. The molecule has 0 bridgehead atoms. The number of quaternary nitrogens is 1. The maximum atomic E-state index is 14.2. The number of nitrogens with one attached hydrogen (secondary N) is 2. The maximum absolute atomic E-state index is 14.2. The van der Waals surface area contributed by atoms with Gasteiger partial charge in [0, 0.05) is 71.3 Å². The smallest absolute Gasteiger partial charge is 0.338 e. The molecule has 66 heavy (non-hydrogen) atoms. The fraction of sp³-hybridized carbons (Fsp3) is 0.714. The summed E-state index contributed by atoms with van der Waals surface area (Å²) in [4.78, 5) is 53.3. The van der Waals surface area contributed by atoms with Crippen LogP contribution in [0.3, 0.4) is 0 Å². The van der Waals surface area contributed by atoms with E-state index in [1.165, 1.54) is 4.68 Å². The third-order valence-electron chi connectivity index (χ3n) is 11.5. The highest BCUT2D eigenvalue weighted by molar-refractivity contribution is 5.81. The molecule has 0 spiro atoms. The Hall–Kier alpha value is -5.74. The highest BCUT2D eigenvalue weighted by Crippen LogP contribution is 2.26. The number of nitrogens with two attached hydrogens (primary N) is 2. The molecule has 3 aromatic rings. The number of aliphatic hydroxyl groups excluding tert-OH is 1. The molecule has 2 aliphatic heterocycles. The van der Waals surface area contributed by atoms with E-state index in [2.05, 4.69) is 61.3 Å². The number of hydrogen-bond acceptors (Lipinski definition) is 16. The van der Waals surface area contributed by atoms with E-state index in [1.807, 2.05) is 16.0 Å². The Labute approximate surface area is 387 Å². The average molecular weight is 925 g/mol. The van der Waals surface area contributed by atoms with E-state index in [9.17, 15) is 14.7 Å². The van der Waals surface area contributed by atoms with Crippen molar-refractivity contribution in [2.75, 3.05) is 127 Å². The molecule has 0 unspecified atom stereocenters. The molecule has 364 valence electrons. The summed E-state index contributed by atoms with van der Waals surface area (Å²) in [5.41, 5.74) is 16.5. The molecular weight excluding hydrogens is 853 g/mol. The summed E-state index contributed by atoms with van der Waals surface area (Å²) in [7, 11) is 0. The fourth-order valence-corrected chi connectivity index (χ4v) is 7.64. The van der Waals surface area contributed by atoms with E-state index in [4.69, 9.17) is 47.1 Å². The van der Waals surface area contributed by atoms with Gasteiger partial charge in [-0.2, -0.15) is 15.0 Å². The van der Waals surface area contributed by atoms with Crippen LogP contribution in [0.1, 0.15) is 69.9 Å². The van der Waals surface area contributed by atoms with E-state index in [1.54, 1.807) is 22.7 Å². The lowest BCUT2D eigenvalue weighted by atomic mass is 9.97. The number of rotatable bonds is 28. The van der Waals surface area contributed by atoms with Crippen molar-refractivity contribution in [3.63, 3.8) is 0 Å². The molecular formula is C42H72N18O6+2.